The molecule has 4 aromatic rings. The second-order valence-electron chi connectivity index (χ2n) is 6.92. The fourth-order valence-corrected chi connectivity index (χ4v) is 3.10. The van der Waals surface area contributed by atoms with Crippen LogP contribution in [0.15, 0.2) is 60.9 Å². The minimum absolute atomic E-state index is 0.142. The van der Waals surface area contributed by atoms with E-state index in [4.69, 9.17) is 0 Å². The van der Waals surface area contributed by atoms with Gasteiger partial charge in [-0.25, -0.2) is 14.8 Å². The van der Waals surface area contributed by atoms with Crippen LogP contribution in [0.1, 0.15) is 20.8 Å². The maximum absolute atomic E-state index is 12.8. The lowest BCUT2D eigenvalue weighted by atomic mass is 10.3. The Balaban J connectivity index is 1.76. The number of pyridine rings is 1. The number of hydrogen-bond donors (Lipinski definition) is 1. The van der Waals surface area contributed by atoms with E-state index in [0.717, 1.165) is 11.1 Å². The Morgan fingerprint density at radius 2 is 1.81 bits per heavy atom. The number of nitrogens with zero attached hydrogens (tertiary/aromatic N) is 5. The maximum atomic E-state index is 12.8. The number of nitrogens with one attached hydrogen (secondary N) is 1. The Hall–Kier alpha value is -4.27. The van der Waals surface area contributed by atoms with Gasteiger partial charge in [-0.3, -0.25) is 9.36 Å². The second kappa shape index (κ2) is 8.23. The van der Waals surface area contributed by atoms with Crippen LogP contribution in [0.25, 0.3) is 16.7 Å². The predicted octanol–water partition coefficient (Wildman–Crippen LogP) is 3.05. The van der Waals surface area contributed by atoms with Crippen LogP contribution in [0.4, 0.5) is 11.8 Å². The van der Waals surface area contributed by atoms with Gasteiger partial charge in [0, 0.05) is 37.6 Å². The number of methoxy groups -OCH3 is 1. The van der Waals surface area contributed by atoms with Crippen LogP contribution in [0.5, 0.6) is 0 Å². The van der Waals surface area contributed by atoms with Gasteiger partial charge >= 0.3 is 5.97 Å². The van der Waals surface area contributed by atoms with Crippen molar-refractivity contribution in [2.24, 2.45) is 0 Å². The van der Waals surface area contributed by atoms with Crippen LogP contribution in [-0.2, 0) is 4.74 Å². The summed E-state index contributed by atoms with van der Waals surface area (Å²) >= 11 is 0. The number of aromatic nitrogens is 4. The summed E-state index contributed by atoms with van der Waals surface area (Å²) in [7, 11) is 4.73. The Morgan fingerprint density at radius 1 is 1.03 bits per heavy atom. The van der Waals surface area contributed by atoms with Gasteiger partial charge in [0.2, 0.25) is 5.95 Å². The van der Waals surface area contributed by atoms with Crippen LogP contribution >= 0.6 is 0 Å². The first-order chi connectivity index (χ1) is 15.0. The zero-order chi connectivity index (χ0) is 22.0. The molecule has 0 saturated heterocycles. The van der Waals surface area contributed by atoms with Crippen molar-refractivity contribution in [1.29, 1.82) is 0 Å². The van der Waals surface area contributed by atoms with Gasteiger partial charge in [0.1, 0.15) is 11.5 Å². The van der Waals surface area contributed by atoms with Gasteiger partial charge < -0.3 is 15.0 Å². The van der Waals surface area contributed by atoms with Gasteiger partial charge in [-0.15, -0.1) is 0 Å². The van der Waals surface area contributed by atoms with Gasteiger partial charge in [0.15, 0.2) is 5.65 Å². The molecule has 0 fully saturated rings. The first-order valence-corrected chi connectivity index (χ1v) is 9.45. The molecule has 9 heteroatoms. The van der Waals surface area contributed by atoms with E-state index in [-0.39, 0.29) is 5.91 Å². The third-order valence-electron chi connectivity index (χ3n) is 4.60. The summed E-state index contributed by atoms with van der Waals surface area (Å²) in [5.74, 6) is 0.172. The number of carbonyl (C=O) groups is 2. The smallest absolute Gasteiger partial charge is 0.339 e. The molecular formula is C22H20N6O3. The van der Waals surface area contributed by atoms with Crippen molar-refractivity contribution in [1.82, 2.24) is 24.4 Å². The normalized spacial score (nSPS) is 10.7. The minimum atomic E-state index is -0.463. The van der Waals surface area contributed by atoms with E-state index in [0.29, 0.717) is 28.7 Å². The number of para-hydroxylation sites is 1. The highest BCUT2D eigenvalue weighted by Gasteiger charge is 2.20. The van der Waals surface area contributed by atoms with Crippen LogP contribution in [0.3, 0.4) is 0 Å². The van der Waals surface area contributed by atoms with Crippen molar-refractivity contribution in [3.8, 4) is 5.69 Å². The summed E-state index contributed by atoms with van der Waals surface area (Å²) in [6.45, 7) is 0. The lowest BCUT2D eigenvalue weighted by molar-refractivity contribution is 0.0600. The molecule has 0 bridgehead atoms. The molecule has 4 rings (SSSR count). The average Bonchev–Trinajstić information content (AvgIpc) is 3.17. The molecular weight excluding hydrogens is 396 g/mol. The number of esters is 1. The number of benzene rings is 1. The summed E-state index contributed by atoms with van der Waals surface area (Å²) in [6.07, 6.45) is 3.06. The SMILES string of the molecule is COC(=O)c1ccc(Nc2ncc3cc(C(=O)N(C)C)n(-c4ccccc4)c3n2)nc1. The Labute approximate surface area is 178 Å². The van der Waals surface area contributed by atoms with E-state index in [1.165, 1.54) is 18.2 Å². The predicted molar refractivity (Wildman–Crippen MR) is 116 cm³/mol. The first kappa shape index (κ1) is 20.0. The molecule has 9 nitrogen and oxygen atoms in total. The van der Waals surface area contributed by atoms with Gasteiger partial charge in [-0.05, 0) is 30.3 Å². The van der Waals surface area contributed by atoms with Crippen molar-refractivity contribution < 1.29 is 14.3 Å². The number of amides is 1. The van der Waals surface area contributed by atoms with Crippen LogP contribution < -0.4 is 5.32 Å². The van der Waals surface area contributed by atoms with Crippen molar-refractivity contribution in [2.45, 2.75) is 0 Å². The number of fused-ring (bicyclic) bond motifs is 1. The fraction of sp³-hybridized carbons (Fsp3) is 0.136. The molecule has 156 valence electrons. The van der Waals surface area contributed by atoms with E-state index in [1.54, 1.807) is 43.1 Å². The summed E-state index contributed by atoms with van der Waals surface area (Å²) in [6, 6.07) is 14.5. The van der Waals surface area contributed by atoms with E-state index >= 15 is 0 Å². The van der Waals surface area contributed by atoms with Crippen LogP contribution in [0, 0.1) is 0 Å². The first-order valence-electron chi connectivity index (χ1n) is 9.45. The molecule has 3 aromatic heterocycles. The third-order valence-corrected chi connectivity index (χ3v) is 4.60. The molecule has 1 aromatic carbocycles. The summed E-state index contributed by atoms with van der Waals surface area (Å²) in [5.41, 5.74) is 2.22. The molecule has 3 heterocycles. The molecule has 1 N–H and O–H groups in total. The molecule has 1 amide bonds. The maximum Gasteiger partial charge on any atom is 0.339 e. The highest BCUT2D eigenvalue weighted by molar-refractivity contribution is 5.99. The zero-order valence-corrected chi connectivity index (χ0v) is 17.2. The highest BCUT2D eigenvalue weighted by Crippen LogP contribution is 2.25. The quantitative estimate of drug-likeness (QED) is 0.499. The van der Waals surface area contributed by atoms with Gasteiger partial charge in [0.25, 0.3) is 5.91 Å². The van der Waals surface area contributed by atoms with E-state index in [9.17, 15) is 9.59 Å². The van der Waals surface area contributed by atoms with Gasteiger partial charge in [0.05, 0.1) is 12.7 Å². The number of anilines is 2. The number of carbonyl (C=O) groups excluding carboxylic acids is 2. The van der Waals surface area contributed by atoms with Crippen LogP contribution in [0.2, 0.25) is 0 Å². The minimum Gasteiger partial charge on any atom is -0.465 e. The third kappa shape index (κ3) is 3.93. The van der Waals surface area contributed by atoms with Crippen molar-refractivity contribution in [2.75, 3.05) is 26.5 Å². The largest absolute Gasteiger partial charge is 0.465 e. The van der Waals surface area contributed by atoms with E-state index in [2.05, 4.69) is 25.0 Å². The van der Waals surface area contributed by atoms with E-state index in [1.807, 2.05) is 30.3 Å². The van der Waals surface area contributed by atoms with Crippen molar-refractivity contribution in [3.63, 3.8) is 0 Å². The number of hydrogen-bond acceptors (Lipinski definition) is 7. The van der Waals surface area contributed by atoms with E-state index < -0.39 is 5.97 Å². The topological polar surface area (TPSA) is 102 Å². The number of rotatable bonds is 5. The monoisotopic (exact) mass is 416 g/mol. The Bertz CT molecular complexity index is 1250. The summed E-state index contributed by atoms with van der Waals surface area (Å²) < 4.78 is 6.48. The van der Waals surface area contributed by atoms with Crippen LogP contribution in [-0.4, -0.2) is 57.5 Å². The van der Waals surface area contributed by atoms with Gasteiger partial charge in [-0.2, -0.15) is 4.98 Å². The average molecular weight is 416 g/mol. The molecule has 0 aliphatic heterocycles. The highest BCUT2D eigenvalue weighted by atomic mass is 16.5. The molecule has 0 aliphatic carbocycles. The molecule has 0 aliphatic rings. The zero-order valence-electron chi connectivity index (χ0n) is 17.2. The van der Waals surface area contributed by atoms with Gasteiger partial charge in [-0.1, -0.05) is 18.2 Å². The fourth-order valence-electron chi connectivity index (χ4n) is 3.10. The lowest BCUT2D eigenvalue weighted by Gasteiger charge is -2.14. The standard InChI is InChI=1S/C22H20N6O3/c1-27(2)20(29)17-11-15-13-24-22(25-18-10-9-14(12-23-18)21(30)31-3)26-19(15)28(17)16-7-5-4-6-8-16/h4-13H,1-3H3,(H,23,24,25,26). The molecule has 31 heavy (non-hydrogen) atoms. The molecule has 0 unspecified atom stereocenters. The lowest BCUT2D eigenvalue weighted by Crippen LogP contribution is -2.24. The molecule has 0 spiro atoms. The summed E-state index contributed by atoms with van der Waals surface area (Å²) in [4.78, 5) is 39.0. The molecule has 0 radical (unpaired) electrons. The second-order valence-corrected chi connectivity index (χ2v) is 6.92. The molecule has 0 saturated carbocycles. The molecule has 0 atom stereocenters. The number of ether oxygens (including phenoxy) is 1. The summed E-state index contributed by atoms with van der Waals surface area (Å²) in [5, 5.41) is 3.76. The Morgan fingerprint density at radius 3 is 2.45 bits per heavy atom. The van der Waals surface area contributed by atoms with Crippen molar-refractivity contribution >= 4 is 34.7 Å². The Kier molecular flexibility index (Phi) is 5.31. The van der Waals surface area contributed by atoms with Crippen molar-refractivity contribution in [3.05, 3.63) is 72.2 Å².